The first kappa shape index (κ1) is 14.1. The van der Waals surface area contributed by atoms with Crippen molar-refractivity contribution in [1.82, 2.24) is 0 Å². The largest absolute Gasteiger partial charge is 0.458 e. The minimum Gasteiger partial charge on any atom is -0.458 e. The number of aliphatic hydroxyl groups is 1. The van der Waals surface area contributed by atoms with Gasteiger partial charge < -0.3 is 9.52 Å². The number of aliphatic hydroxyl groups excluding tert-OH is 1. The molecule has 0 spiro atoms. The van der Waals surface area contributed by atoms with Crippen LogP contribution >= 0.6 is 0 Å². The number of furan rings is 1. The van der Waals surface area contributed by atoms with Gasteiger partial charge in [-0.25, -0.2) is 0 Å². The fraction of sp³-hybridized carbons (Fsp3) is 0.529. The highest BCUT2D eigenvalue weighted by Crippen LogP contribution is 2.33. The lowest BCUT2D eigenvalue weighted by Crippen LogP contribution is -2.11. The van der Waals surface area contributed by atoms with Crippen molar-refractivity contribution in [2.45, 2.75) is 52.6 Å². The first-order valence-corrected chi connectivity index (χ1v) is 7.34. The van der Waals surface area contributed by atoms with Gasteiger partial charge in [0.05, 0.1) is 0 Å². The van der Waals surface area contributed by atoms with Crippen LogP contribution in [0.4, 0.5) is 0 Å². The van der Waals surface area contributed by atoms with Crippen LogP contribution in [-0.2, 0) is 0 Å². The Kier molecular flexibility index (Phi) is 4.65. The summed E-state index contributed by atoms with van der Waals surface area (Å²) in [7, 11) is 0. The smallest absolute Gasteiger partial charge is 0.137 e. The Morgan fingerprint density at radius 3 is 2.68 bits per heavy atom. The molecular formula is C17H24O2. The summed E-state index contributed by atoms with van der Waals surface area (Å²) in [6.45, 7) is 6.36. The standard InChI is InChI=1S/C17H24O2/c1-4-6-9-13(5-2)16(18)15-11-14-10-7-8-12(3)17(14)19-15/h7-8,10-11,13,16,18H,4-6,9H2,1-3H3. The van der Waals surface area contributed by atoms with Crippen molar-refractivity contribution in [3.05, 3.63) is 35.6 Å². The molecule has 0 aliphatic carbocycles. The summed E-state index contributed by atoms with van der Waals surface area (Å²) in [5.41, 5.74) is 2.03. The average Bonchev–Trinajstić information content (AvgIpc) is 2.85. The Balaban J connectivity index is 2.24. The van der Waals surface area contributed by atoms with Crippen molar-refractivity contribution < 1.29 is 9.52 Å². The third-order valence-corrected chi connectivity index (χ3v) is 3.95. The second-order valence-electron chi connectivity index (χ2n) is 5.40. The van der Waals surface area contributed by atoms with Crippen LogP contribution in [0, 0.1) is 12.8 Å². The highest BCUT2D eigenvalue weighted by atomic mass is 16.4. The summed E-state index contributed by atoms with van der Waals surface area (Å²) in [6, 6.07) is 8.09. The van der Waals surface area contributed by atoms with E-state index in [-0.39, 0.29) is 0 Å². The zero-order valence-electron chi connectivity index (χ0n) is 12.1. The monoisotopic (exact) mass is 260 g/mol. The third kappa shape index (κ3) is 3.01. The number of unbranched alkanes of at least 4 members (excludes halogenated alkanes) is 1. The summed E-state index contributed by atoms with van der Waals surface area (Å²) in [5.74, 6) is 1.01. The SMILES string of the molecule is CCCCC(CC)C(O)c1cc2cccc(C)c2o1. The van der Waals surface area contributed by atoms with Gasteiger partial charge in [-0.15, -0.1) is 0 Å². The van der Waals surface area contributed by atoms with Gasteiger partial charge in [0, 0.05) is 5.39 Å². The lowest BCUT2D eigenvalue weighted by molar-refractivity contribution is 0.0792. The fourth-order valence-electron chi connectivity index (χ4n) is 2.66. The van der Waals surface area contributed by atoms with Gasteiger partial charge in [-0.1, -0.05) is 51.3 Å². The van der Waals surface area contributed by atoms with E-state index in [4.69, 9.17) is 4.42 Å². The maximum absolute atomic E-state index is 10.5. The van der Waals surface area contributed by atoms with Gasteiger partial charge in [0.2, 0.25) is 0 Å². The number of rotatable bonds is 6. The Hall–Kier alpha value is -1.28. The molecule has 2 rings (SSSR count). The summed E-state index contributed by atoms with van der Waals surface area (Å²) in [4.78, 5) is 0. The van der Waals surface area contributed by atoms with Crippen molar-refractivity contribution in [3.8, 4) is 0 Å². The quantitative estimate of drug-likeness (QED) is 0.793. The highest BCUT2D eigenvalue weighted by Gasteiger charge is 2.22. The van der Waals surface area contributed by atoms with E-state index >= 15 is 0 Å². The number of benzene rings is 1. The van der Waals surface area contributed by atoms with E-state index in [1.807, 2.05) is 31.2 Å². The van der Waals surface area contributed by atoms with Crippen LogP contribution in [0.1, 0.15) is 57.0 Å². The molecule has 2 unspecified atom stereocenters. The molecule has 19 heavy (non-hydrogen) atoms. The van der Waals surface area contributed by atoms with Crippen LogP contribution in [0.3, 0.4) is 0 Å². The Bertz CT molecular complexity index is 527. The normalized spacial score (nSPS) is 14.7. The summed E-state index contributed by atoms with van der Waals surface area (Å²) in [6.07, 6.45) is 3.89. The van der Waals surface area contributed by atoms with Crippen LogP contribution in [0.2, 0.25) is 0 Å². The second-order valence-corrected chi connectivity index (χ2v) is 5.40. The van der Waals surface area contributed by atoms with Gasteiger partial charge >= 0.3 is 0 Å². The van der Waals surface area contributed by atoms with Crippen LogP contribution in [0.5, 0.6) is 0 Å². The zero-order valence-corrected chi connectivity index (χ0v) is 12.1. The summed E-state index contributed by atoms with van der Waals surface area (Å²) < 4.78 is 5.87. The van der Waals surface area contributed by atoms with E-state index < -0.39 is 6.10 Å². The van der Waals surface area contributed by atoms with Gasteiger partial charge in [0.25, 0.3) is 0 Å². The van der Waals surface area contributed by atoms with E-state index in [1.54, 1.807) is 0 Å². The molecule has 0 saturated heterocycles. The highest BCUT2D eigenvalue weighted by molar-refractivity contribution is 5.80. The Morgan fingerprint density at radius 2 is 2.05 bits per heavy atom. The van der Waals surface area contributed by atoms with Gasteiger partial charge in [0.15, 0.2) is 0 Å². The molecule has 0 aliphatic rings. The molecule has 2 nitrogen and oxygen atoms in total. The lowest BCUT2D eigenvalue weighted by Gasteiger charge is -2.19. The number of aryl methyl sites for hydroxylation is 1. The van der Waals surface area contributed by atoms with Crippen molar-refractivity contribution in [2.24, 2.45) is 5.92 Å². The molecule has 2 heteroatoms. The predicted octanol–water partition coefficient (Wildman–Crippen LogP) is 4.99. The van der Waals surface area contributed by atoms with Crippen molar-refractivity contribution in [1.29, 1.82) is 0 Å². The molecule has 2 atom stereocenters. The minimum absolute atomic E-state index is 0.292. The molecule has 1 N–H and O–H groups in total. The number of para-hydroxylation sites is 1. The Labute approximate surface area is 115 Å². The van der Waals surface area contributed by atoms with E-state index in [1.165, 1.54) is 6.42 Å². The molecule has 0 radical (unpaired) electrons. The van der Waals surface area contributed by atoms with Gasteiger partial charge in [-0.2, -0.15) is 0 Å². The van der Waals surface area contributed by atoms with Crippen molar-refractivity contribution in [2.75, 3.05) is 0 Å². The molecule has 104 valence electrons. The second kappa shape index (κ2) is 6.25. The molecule has 0 fully saturated rings. The average molecular weight is 260 g/mol. The van der Waals surface area contributed by atoms with Gasteiger partial charge in [-0.05, 0) is 30.9 Å². The number of fused-ring (bicyclic) bond motifs is 1. The van der Waals surface area contributed by atoms with Crippen LogP contribution in [-0.4, -0.2) is 5.11 Å². The van der Waals surface area contributed by atoms with E-state index in [0.717, 1.165) is 35.8 Å². The predicted molar refractivity (Wildman–Crippen MR) is 79.2 cm³/mol. The third-order valence-electron chi connectivity index (χ3n) is 3.95. The van der Waals surface area contributed by atoms with Crippen LogP contribution in [0.15, 0.2) is 28.7 Å². The molecule has 1 aromatic carbocycles. The Morgan fingerprint density at radius 1 is 1.26 bits per heavy atom. The number of hydrogen-bond donors (Lipinski definition) is 1. The van der Waals surface area contributed by atoms with Crippen molar-refractivity contribution in [3.63, 3.8) is 0 Å². The summed E-state index contributed by atoms with van der Waals surface area (Å²) >= 11 is 0. The first-order chi connectivity index (χ1) is 9.17. The maximum atomic E-state index is 10.5. The molecule has 0 saturated carbocycles. The van der Waals surface area contributed by atoms with E-state index in [9.17, 15) is 5.11 Å². The fourth-order valence-corrected chi connectivity index (χ4v) is 2.66. The topological polar surface area (TPSA) is 33.4 Å². The van der Waals surface area contributed by atoms with E-state index in [0.29, 0.717) is 11.7 Å². The molecule has 2 aromatic rings. The molecular weight excluding hydrogens is 236 g/mol. The maximum Gasteiger partial charge on any atom is 0.137 e. The minimum atomic E-state index is -0.483. The summed E-state index contributed by atoms with van der Waals surface area (Å²) in [5, 5.41) is 11.6. The van der Waals surface area contributed by atoms with Crippen molar-refractivity contribution >= 4 is 11.0 Å². The molecule has 1 heterocycles. The number of hydrogen-bond acceptors (Lipinski definition) is 2. The zero-order chi connectivity index (χ0) is 13.8. The molecule has 0 aliphatic heterocycles. The van der Waals surface area contributed by atoms with Crippen LogP contribution in [0.25, 0.3) is 11.0 Å². The lowest BCUT2D eigenvalue weighted by atomic mass is 9.92. The van der Waals surface area contributed by atoms with Crippen LogP contribution < -0.4 is 0 Å². The molecule has 0 amide bonds. The van der Waals surface area contributed by atoms with Gasteiger partial charge in [-0.3, -0.25) is 0 Å². The van der Waals surface area contributed by atoms with Gasteiger partial charge in [0.1, 0.15) is 17.4 Å². The molecule has 0 bridgehead atoms. The van der Waals surface area contributed by atoms with E-state index in [2.05, 4.69) is 13.8 Å². The first-order valence-electron chi connectivity index (χ1n) is 7.34. The molecule has 1 aromatic heterocycles.